The van der Waals surface area contributed by atoms with Crippen LogP contribution in [-0.2, 0) is 13.2 Å². The summed E-state index contributed by atoms with van der Waals surface area (Å²) in [6, 6.07) is 11.3. The van der Waals surface area contributed by atoms with Crippen LogP contribution in [0.3, 0.4) is 0 Å². The van der Waals surface area contributed by atoms with Crippen molar-refractivity contribution >= 4 is 17.3 Å². The van der Waals surface area contributed by atoms with Gasteiger partial charge in [0.2, 0.25) is 0 Å². The average Bonchev–Trinajstić information content (AvgIpc) is 2.38. The average molecular weight is 249 g/mol. The first kappa shape index (κ1) is 11.9. The van der Waals surface area contributed by atoms with Crippen molar-refractivity contribution in [2.45, 2.75) is 13.2 Å². The van der Waals surface area contributed by atoms with E-state index in [9.17, 15) is 5.11 Å². The summed E-state index contributed by atoms with van der Waals surface area (Å²) in [4.78, 5) is 4.01. The third-order valence-corrected chi connectivity index (χ3v) is 2.68. The molecule has 0 spiro atoms. The lowest BCUT2D eigenvalue weighted by molar-refractivity contribution is 0.282. The topological polar surface area (TPSA) is 45.1 Å². The number of nitrogens with zero attached hydrogens (tertiary/aromatic N) is 1. The van der Waals surface area contributed by atoms with Gasteiger partial charge >= 0.3 is 0 Å². The van der Waals surface area contributed by atoms with Crippen LogP contribution in [0.15, 0.2) is 42.6 Å². The van der Waals surface area contributed by atoms with Crippen molar-refractivity contribution in [2.24, 2.45) is 0 Å². The molecule has 2 aromatic rings. The van der Waals surface area contributed by atoms with Crippen molar-refractivity contribution < 1.29 is 5.11 Å². The van der Waals surface area contributed by atoms with Gasteiger partial charge in [-0.1, -0.05) is 35.9 Å². The van der Waals surface area contributed by atoms with Crippen molar-refractivity contribution in [3.63, 3.8) is 0 Å². The van der Waals surface area contributed by atoms with Gasteiger partial charge in [0.25, 0.3) is 0 Å². The number of hydrogen-bond acceptors (Lipinski definition) is 3. The minimum absolute atomic E-state index is 0.0298. The van der Waals surface area contributed by atoms with Crippen molar-refractivity contribution in [3.05, 3.63) is 58.9 Å². The van der Waals surface area contributed by atoms with Crippen LogP contribution < -0.4 is 5.32 Å². The highest BCUT2D eigenvalue weighted by molar-refractivity contribution is 6.29. The maximum Gasteiger partial charge on any atom is 0.129 e. The van der Waals surface area contributed by atoms with Crippen LogP contribution in [0.5, 0.6) is 0 Å². The SMILES string of the molecule is OCc1ccccc1NCc1ccc(Cl)nc1. The lowest BCUT2D eigenvalue weighted by atomic mass is 10.2. The number of rotatable bonds is 4. The summed E-state index contributed by atoms with van der Waals surface area (Å²) in [5.41, 5.74) is 2.86. The van der Waals surface area contributed by atoms with Crippen molar-refractivity contribution in [1.29, 1.82) is 0 Å². The molecule has 0 aliphatic carbocycles. The van der Waals surface area contributed by atoms with Crippen LogP contribution in [0.25, 0.3) is 0 Å². The second-order valence-electron chi connectivity index (χ2n) is 3.66. The molecule has 0 aliphatic heterocycles. The number of aromatic nitrogens is 1. The largest absolute Gasteiger partial charge is 0.392 e. The van der Waals surface area contributed by atoms with Gasteiger partial charge in [0, 0.05) is 24.0 Å². The monoisotopic (exact) mass is 248 g/mol. The fourth-order valence-electron chi connectivity index (χ4n) is 1.54. The third-order valence-electron chi connectivity index (χ3n) is 2.46. The van der Waals surface area contributed by atoms with Crippen LogP contribution in [0.1, 0.15) is 11.1 Å². The molecule has 0 unspecified atom stereocenters. The van der Waals surface area contributed by atoms with Gasteiger partial charge < -0.3 is 10.4 Å². The van der Waals surface area contributed by atoms with Gasteiger partial charge in [0.1, 0.15) is 5.15 Å². The van der Waals surface area contributed by atoms with Crippen LogP contribution in [0.4, 0.5) is 5.69 Å². The molecule has 0 fully saturated rings. The Labute approximate surface area is 105 Å². The van der Waals surface area contributed by atoms with Gasteiger partial charge in [0.05, 0.1) is 6.61 Å². The lowest BCUT2D eigenvalue weighted by Gasteiger charge is -2.10. The minimum Gasteiger partial charge on any atom is -0.392 e. The number of anilines is 1. The number of aliphatic hydroxyl groups is 1. The predicted molar refractivity (Wildman–Crippen MR) is 68.9 cm³/mol. The number of halogens is 1. The summed E-state index contributed by atoms with van der Waals surface area (Å²) >= 11 is 5.71. The van der Waals surface area contributed by atoms with Crippen LogP contribution >= 0.6 is 11.6 Å². The van der Waals surface area contributed by atoms with Gasteiger partial charge in [0.15, 0.2) is 0 Å². The fourth-order valence-corrected chi connectivity index (χ4v) is 1.65. The Morgan fingerprint density at radius 3 is 2.71 bits per heavy atom. The molecule has 0 aliphatic rings. The summed E-state index contributed by atoms with van der Waals surface area (Å²) < 4.78 is 0. The van der Waals surface area contributed by atoms with Gasteiger partial charge in [-0.25, -0.2) is 4.98 Å². The van der Waals surface area contributed by atoms with E-state index in [1.807, 2.05) is 30.3 Å². The molecule has 17 heavy (non-hydrogen) atoms. The number of aliphatic hydroxyl groups excluding tert-OH is 1. The first-order valence-electron chi connectivity index (χ1n) is 5.32. The van der Waals surface area contributed by atoms with E-state index in [-0.39, 0.29) is 6.61 Å². The number of para-hydroxylation sites is 1. The van der Waals surface area contributed by atoms with E-state index in [1.165, 1.54) is 0 Å². The van der Waals surface area contributed by atoms with E-state index in [2.05, 4.69) is 10.3 Å². The van der Waals surface area contributed by atoms with Gasteiger partial charge in [-0.3, -0.25) is 0 Å². The van der Waals surface area contributed by atoms with E-state index >= 15 is 0 Å². The Bertz CT molecular complexity index is 485. The summed E-state index contributed by atoms with van der Waals surface area (Å²) in [6.45, 7) is 0.684. The maximum absolute atomic E-state index is 9.18. The number of pyridine rings is 1. The molecule has 2 rings (SSSR count). The molecule has 4 heteroatoms. The molecule has 0 atom stereocenters. The molecule has 0 bridgehead atoms. The Balaban J connectivity index is 2.04. The molecule has 2 N–H and O–H groups in total. The Morgan fingerprint density at radius 1 is 1.18 bits per heavy atom. The summed E-state index contributed by atoms with van der Waals surface area (Å²) in [5, 5.41) is 12.9. The fraction of sp³-hybridized carbons (Fsp3) is 0.154. The zero-order valence-electron chi connectivity index (χ0n) is 9.23. The maximum atomic E-state index is 9.18. The molecule has 0 saturated carbocycles. The highest BCUT2D eigenvalue weighted by Gasteiger charge is 2.00. The molecule has 0 radical (unpaired) electrons. The quantitative estimate of drug-likeness (QED) is 0.818. The molecule has 88 valence electrons. The van der Waals surface area contributed by atoms with Crippen molar-refractivity contribution in [3.8, 4) is 0 Å². The van der Waals surface area contributed by atoms with E-state index in [4.69, 9.17) is 11.6 Å². The Hall–Kier alpha value is -1.58. The first-order chi connectivity index (χ1) is 8.29. The van der Waals surface area contributed by atoms with E-state index in [1.54, 1.807) is 12.3 Å². The first-order valence-corrected chi connectivity index (χ1v) is 5.70. The molecule has 1 aromatic heterocycles. The smallest absolute Gasteiger partial charge is 0.129 e. The molecular weight excluding hydrogens is 236 g/mol. The third kappa shape index (κ3) is 3.19. The second-order valence-corrected chi connectivity index (χ2v) is 4.05. The van der Waals surface area contributed by atoms with E-state index in [0.717, 1.165) is 16.8 Å². The molecule has 1 heterocycles. The van der Waals surface area contributed by atoms with E-state index < -0.39 is 0 Å². The van der Waals surface area contributed by atoms with Crippen LogP contribution in [0.2, 0.25) is 5.15 Å². The summed E-state index contributed by atoms with van der Waals surface area (Å²) in [5.74, 6) is 0. The molecule has 0 amide bonds. The standard InChI is InChI=1S/C13H13ClN2O/c14-13-6-5-10(8-16-13)7-15-12-4-2-1-3-11(12)9-17/h1-6,8,15,17H,7,9H2. The minimum atomic E-state index is 0.0298. The number of hydrogen-bond donors (Lipinski definition) is 2. The van der Waals surface area contributed by atoms with Gasteiger partial charge in [-0.2, -0.15) is 0 Å². The number of nitrogens with one attached hydrogen (secondary N) is 1. The lowest BCUT2D eigenvalue weighted by Crippen LogP contribution is -2.02. The number of benzene rings is 1. The predicted octanol–water partition coefficient (Wildman–Crippen LogP) is 2.84. The molecule has 0 saturated heterocycles. The summed E-state index contributed by atoms with van der Waals surface area (Å²) in [7, 11) is 0. The van der Waals surface area contributed by atoms with Gasteiger partial charge in [-0.15, -0.1) is 0 Å². The highest BCUT2D eigenvalue weighted by Crippen LogP contribution is 2.16. The normalized spacial score (nSPS) is 10.2. The van der Waals surface area contributed by atoms with Crippen LogP contribution in [-0.4, -0.2) is 10.1 Å². The Morgan fingerprint density at radius 2 is 2.00 bits per heavy atom. The van der Waals surface area contributed by atoms with Crippen LogP contribution in [0, 0.1) is 0 Å². The zero-order valence-corrected chi connectivity index (χ0v) is 9.98. The second kappa shape index (κ2) is 5.66. The Kier molecular flexibility index (Phi) is 3.96. The molecular formula is C13H13ClN2O. The molecule has 3 nitrogen and oxygen atoms in total. The molecule has 1 aromatic carbocycles. The van der Waals surface area contributed by atoms with Crippen molar-refractivity contribution in [2.75, 3.05) is 5.32 Å². The van der Waals surface area contributed by atoms with E-state index in [0.29, 0.717) is 11.7 Å². The zero-order chi connectivity index (χ0) is 12.1. The summed E-state index contributed by atoms with van der Waals surface area (Å²) in [6.07, 6.45) is 1.73. The van der Waals surface area contributed by atoms with Crippen molar-refractivity contribution in [1.82, 2.24) is 4.98 Å². The van der Waals surface area contributed by atoms with Gasteiger partial charge in [-0.05, 0) is 17.7 Å². The highest BCUT2D eigenvalue weighted by atomic mass is 35.5.